The molecule has 0 radical (unpaired) electrons. The van der Waals surface area contributed by atoms with Crippen LogP contribution in [0.25, 0.3) is 74.0 Å². The highest BCUT2D eigenvalue weighted by Crippen LogP contribution is 2.43. The Kier molecular flexibility index (Phi) is 8.42. The zero-order valence-electron chi connectivity index (χ0n) is 31.8. The standard InChI is InChI=1S/C47H42N2O5S/c1-26(2)43(34-19-17-30-15-14-28-10-9-11-29-16-18-33(34)40(30)39(28)29)49(47(4,5)6)54-27(3)46(52)53-25-24-48-44(50)35-21-20-32-31-12-7-8-13-37(31)55-38-23-22-36(45(48)51)41(35)42(32)38/h7-23,26-27,43H,24-25H2,1-6H3. The van der Waals surface area contributed by atoms with E-state index in [0.29, 0.717) is 16.2 Å². The molecule has 0 aliphatic heterocycles. The Morgan fingerprint density at radius 1 is 0.655 bits per heavy atom. The molecule has 2 atom stereocenters. The third-order valence-corrected chi connectivity index (χ3v) is 12.2. The van der Waals surface area contributed by atoms with E-state index < -0.39 is 28.7 Å². The van der Waals surface area contributed by atoms with E-state index in [9.17, 15) is 14.4 Å². The molecule has 7 aromatic carbocycles. The summed E-state index contributed by atoms with van der Waals surface area (Å²) in [5.74, 6) is -0.447. The maximum atomic E-state index is 13.9. The number of hydroxylamine groups is 2. The zero-order valence-corrected chi connectivity index (χ0v) is 32.6. The van der Waals surface area contributed by atoms with Crippen molar-refractivity contribution in [2.24, 2.45) is 5.92 Å². The predicted octanol–water partition coefficient (Wildman–Crippen LogP) is 10.6. The summed E-state index contributed by atoms with van der Waals surface area (Å²) in [7, 11) is 0. The van der Waals surface area contributed by atoms with Crippen LogP contribution in [0.3, 0.4) is 0 Å². The molecule has 0 spiro atoms. The summed E-state index contributed by atoms with van der Waals surface area (Å²) in [6, 6.07) is 35.1. The summed E-state index contributed by atoms with van der Waals surface area (Å²) < 4.78 is 9.09. The normalized spacial score (nSPS) is 13.9. The van der Waals surface area contributed by atoms with Gasteiger partial charge >= 0.3 is 5.97 Å². The lowest BCUT2D eigenvalue weighted by molar-refractivity contribution is -0.270. The number of fused-ring (bicyclic) bond motifs is 2. The summed E-state index contributed by atoms with van der Waals surface area (Å²) in [5.41, 5.74) is -0.147. The first kappa shape index (κ1) is 35.3. The first-order valence-electron chi connectivity index (χ1n) is 18.9. The maximum Gasteiger partial charge on any atom is 0.337 e. The molecule has 55 heavy (non-hydrogen) atoms. The molecular formula is C47H42N2O5S. The van der Waals surface area contributed by atoms with Gasteiger partial charge in [0.15, 0.2) is 6.10 Å². The van der Waals surface area contributed by atoms with Gasteiger partial charge < -0.3 is 4.74 Å². The molecule has 2 aromatic heterocycles. The fourth-order valence-electron chi connectivity index (χ4n) is 8.59. The molecule has 0 bridgehead atoms. The summed E-state index contributed by atoms with van der Waals surface area (Å²) in [6.45, 7) is 12.0. The van der Waals surface area contributed by atoms with E-state index in [2.05, 4.69) is 101 Å². The lowest BCUT2D eigenvalue weighted by Crippen LogP contribution is -2.48. The van der Waals surface area contributed by atoms with Crippen molar-refractivity contribution in [1.29, 1.82) is 0 Å². The fraction of sp³-hybridized carbons (Fsp3) is 0.255. The highest BCUT2D eigenvalue weighted by atomic mass is 32.1. The third-order valence-electron chi connectivity index (χ3n) is 11.1. The Hall–Kier alpha value is -5.41. The van der Waals surface area contributed by atoms with Gasteiger partial charge in [0.25, 0.3) is 11.1 Å². The predicted molar refractivity (Wildman–Crippen MR) is 227 cm³/mol. The van der Waals surface area contributed by atoms with Crippen LogP contribution in [-0.2, 0) is 20.9 Å². The van der Waals surface area contributed by atoms with Gasteiger partial charge in [0.05, 0.1) is 12.6 Å². The van der Waals surface area contributed by atoms with Crippen LogP contribution in [0.2, 0.25) is 0 Å². The number of benzene rings is 7. The molecule has 0 fully saturated rings. The van der Waals surface area contributed by atoms with E-state index >= 15 is 0 Å². The number of carbonyl (C=O) groups is 1. The van der Waals surface area contributed by atoms with E-state index in [1.54, 1.807) is 18.3 Å². The van der Waals surface area contributed by atoms with Crippen molar-refractivity contribution >= 4 is 91.3 Å². The van der Waals surface area contributed by atoms with Crippen molar-refractivity contribution in [3.05, 3.63) is 129 Å². The van der Waals surface area contributed by atoms with Gasteiger partial charge in [0, 0.05) is 36.5 Å². The van der Waals surface area contributed by atoms with Gasteiger partial charge in [0.2, 0.25) is 0 Å². The first-order chi connectivity index (χ1) is 26.4. The summed E-state index contributed by atoms with van der Waals surface area (Å²) in [5, 5.41) is 13.9. The SMILES string of the molecule is CC(ON(C(c1ccc2ccc3cccc4ccc1c2c34)C(C)C)C(C)(C)C)C(=O)OCCn1c(=O)c2ccc3sc4ccccc4c4ccc(c1=O)c2c34. The Morgan fingerprint density at radius 3 is 1.98 bits per heavy atom. The molecule has 7 nitrogen and oxygen atoms in total. The van der Waals surface area contributed by atoms with E-state index in [0.717, 1.165) is 36.5 Å². The van der Waals surface area contributed by atoms with Gasteiger partial charge in [-0.15, -0.1) is 11.3 Å². The minimum absolute atomic E-state index is 0.0710. The number of ether oxygens (including phenoxy) is 1. The molecule has 0 aliphatic rings. The second-order valence-electron chi connectivity index (χ2n) is 16.0. The molecule has 0 N–H and O–H groups in total. The lowest BCUT2D eigenvalue weighted by atomic mass is 9.85. The number of carbonyl (C=O) groups excluding carboxylic acids is 1. The molecule has 2 heterocycles. The van der Waals surface area contributed by atoms with E-state index in [-0.39, 0.29) is 25.1 Å². The van der Waals surface area contributed by atoms with Crippen LogP contribution in [0.1, 0.15) is 53.1 Å². The second-order valence-corrected chi connectivity index (χ2v) is 17.1. The van der Waals surface area contributed by atoms with Crippen LogP contribution in [0.5, 0.6) is 0 Å². The van der Waals surface area contributed by atoms with Crippen molar-refractivity contribution in [3.8, 4) is 0 Å². The Labute approximate surface area is 321 Å². The number of esters is 1. The van der Waals surface area contributed by atoms with E-state index in [1.165, 1.54) is 31.5 Å². The molecule has 276 valence electrons. The second kappa shape index (κ2) is 13.1. The van der Waals surface area contributed by atoms with Crippen molar-refractivity contribution in [2.45, 2.75) is 65.8 Å². The van der Waals surface area contributed by atoms with Crippen LogP contribution >= 0.6 is 11.3 Å². The van der Waals surface area contributed by atoms with E-state index in [4.69, 9.17) is 9.57 Å². The van der Waals surface area contributed by atoms with Gasteiger partial charge in [-0.25, -0.2) is 4.79 Å². The summed E-state index contributed by atoms with van der Waals surface area (Å²) in [4.78, 5) is 47.9. The molecule has 2 unspecified atom stereocenters. The maximum absolute atomic E-state index is 13.9. The van der Waals surface area contributed by atoms with Crippen molar-refractivity contribution < 1.29 is 14.4 Å². The van der Waals surface area contributed by atoms with Crippen LogP contribution < -0.4 is 11.1 Å². The van der Waals surface area contributed by atoms with Gasteiger partial charge in [-0.1, -0.05) is 92.7 Å². The number of rotatable bonds is 9. The Morgan fingerprint density at radius 2 is 1.27 bits per heavy atom. The highest BCUT2D eigenvalue weighted by molar-refractivity contribution is 7.25. The highest BCUT2D eigenvalue weighted by Gasteiger charge is 2.37. The molecule has 0 saturated heterocycles. The topological polar surface area (TPSA) is 77.8 Å². The lowest BCUT2D eigenvalue weighted by Gasteiger charge is -2.43. The number of hydrogen-bond donors (Lipinski definition) is 0. The molecule has 9 aromatic rings. The van der Waals surface area contributed by atoms with Crippen molar-refractivity contribution in [2.75, 3.05) is 6.61 Å². The van der Waals surface area contributed by atoms with Gasteiger partial charge in [0.1, 0.15) is 6.61 Å². The van der Waals surface area contributed by atoms with Gasteiger partial charge in [-0.3, -0.25) is 19.0 Å². The van der Waals surface area contributed by atoms with Gasteiger partial charge in [-0.05, 0) is 107 Å². The van der Waals surface area contributed by atoms with Crippen LogP contribution in [0.4, 0.5) is 0 Å². The Balaban J connectivity index is 0.987. The molecule has 9 rings (SSSR count). The average Bonchev–Trinajstić information content (AvgIpc) is 3.17. The molecule has 0 saturated carbocycles. The van der Waals surface area contributed by atoms with Crippen molar-refractivity contribution in [1.82, 2.24) is 9.63 Å². The fourth-order valence-corrected chi connectivity index (χ4v) is 9.72. The minimum atomic E-state index is -0.953. The third kappa shape index (κ3) is 5.65. The molecule has 8 heteroatoms. The largest absolute Gasteiger partial charge is 0.462 e. The number of aromatic nitrogens is 1. The zero-order chi connectivity index (χ0) is 38.3. The van der Waals surface area contributed by atoms with Crippen LogP contribution in [0, 0.1) is 5.92 Å². The smallest absolute Gasteiger partial charge is 0.337 e. The van der Waals surface area contributed by atoms with Crippen LogP contribution in [0.15, 0.2) is 113 Å². The Bertz CT molecular complexity index is 3020. The summed E-state index contributed by atoms with van der Waals surface area (Å²) in [6.07, 6.45) is -0.953. The van der Waals surface area contributed by atoms with Crippen molar-refractivity contribution in [3.63, 3.8) is 0 Å². The summed E-state index contributed by atoms with van der Waals surface area (Å²) >= 11 is 1.65. The first-order valence-corrected chi connectivity index (χ1v) is 19.8. The molecule has 0 aliphatic carbocycles. The molecule has 0 amide bonds. The number of pyridine rings is 1. The quantitative estimate of drug-likeness (QED) is 0.0633. The van der Waals surface area contributed by atoms with Gasteiger partial charge in [-0.2, -0.15) is 5.06 Å². The molecular weight excluding hydrogens is 705 g/mol. The number of nitrogens with zero attached hydrogens (tertiary/aromatic N) is 2. The van der Waals surface area contributed by atoms with Crippen LogP contribution in [-0.4, -0.2) is 33.8 Å². The van der Waals surface area contributed by atoms with E-state index in [1.807, 2.05) is 41.5 Å². The monoisotopic (exact) mass is 746 g/mol. The number of hydrogen-bond acceptors (Lipinski definition) is 7. The minimum Gasteiger partial charge on any atom is -0.462 e. The average molecular weight is 747 g/mol.